The summed E-state index contributed by atoms with van der Waals surface area (Å²) in [6, 6.07) is 36.1. The molecule has 11 rings (SSSR count). The Hall–Kier alpha value is -6.72. The van der Waals surface area contributed by atoms with Gasteiger partial charge in [0.25, 0.3) is 0 Å². The van der Waals surface area contributed by atoms with Crippen LogP contribution in [0.4, 0.5) is 11.6 Å². The van der Waals surface area contributed by atoms with Gasteiger partial charge in [-0.2, -0.15) is 0 Å². The molecule has 0 bridgehead atoms. The van der Waals surface area contributed by atoms with E-state index in [1.54, 1.807) is 12.4 Å². The number of hydrogen-bond acceptors (Lipinski definition) is 9. The lowest BCUT2D eigenvalue weighted by molar-refractivity contribution is 0.168. The highest BCUT2D eigenvalue weighted by molar-refractivity contribution is 5.86. The number of imidazole rings is 2. The first-order chi connectivity index (χ1) is 31.5. The highest BCUT2D eigenvalue weighted by Gasteiger charge is 2.30. The van der Waals surface area contributed by atoms with Crippen molar-refractivity contribution in [1.82, 2.24) is 33.6 Å². The fourth-order valence-electron chi connectivity index (χ4n) is 9.71. The molecule has 11 heteroatoms. The number of anilines is 2. The quantitative estimate of drug-likeness (QED) is 0.130. The number of piperidine rings is 1. The van der Waals surface area contributed by atoms with E-state index in [1.807, 2.05) is 97.3 Å². The predicted octanol–water partition coefficient (Wildman–Crippen LogP) is 11.4. The Morgan fingerprint density at radius 3 is 1.75 bits per heavy atom. The minimum Gasteiger partial charge on any atom is -0.489 e. The topological polar surface area (TPSA) is 134 Å². The Morgan fingerprint density at radius 2 is 1.12 bits per heavy atom. The molecule has 4 aromatic carbocycles. The van der Waals surface area contributed by atoms with Gasteiger partial charge in [-0.15, -0.1) is 0 Å². The van der Waals surface area contributed by atoms with Crippen molar-refractivity contribution in [3.8, 4) is 39.8 Å². The second-order valence-corrected chi connectivity index (χ2v) is 17.6. The number of likely N-dealkylation sites (tertiary alicyclic amines) is 1. The van der Waals surface area contributed by atoms with Gasteiger partial charge in [0.05, 0.1) is 0 Å². The standard InChI is InChI=1S/C31H37N5O.C22H20N4O/c32-30-29-28(26-10-7-11-27(20-26)37-22-24-8-3-1-4-9-24)34-31(36(29)19-16-33-30)25-14-12-23(13-15-25)21-35-17-5-2-6-18-35;23-21-20-19(25-22(16-5-4-6-16)26(20)14-13-24-21)15-9-11-18(12-10-15)27-17-7-2-1-3-8-17/h1,3-4,7-11,16,19-20,23,25H,2,5-6,12-15,17-18,21-22H2,(H2,32,33);1-3,7-14,16H,4-6H2,(H2,23,24). The average Bonchev–Trinajstić information content (AvgIpc) is 3.91. The van der Waals surface area contributed by atoms with E-state index in [-0.39, 0.29) is 0 Å². The maximum absolute atomic E-state index is 6.43. The molecular weight excluding hydrogens is 795 g/mol. The van der Waals surface area contributed by atoms with Gasteiger partial charge in [0, 0.05) is 54.3 Å². The number of fused-ring (bicyclic) bond motifs is 2. The van der Waals surface area contributed by atoms with Gasteiger partial charge >= 0.3 is 0 Å². The van der Waals surface area contributed by atoms with Gasteiger partial charge in [-0.05, 0) is 124 Å². The summed E-state index contributed by atoms with van der Waals surface area (Å²) in [5, 5.41) is 0. The summed E-state index contributed by atoms with van der Waals surface area (Å²) in [6.45, 7) is 4.37. The lowest BCUT2D eigenvalue weighted by Crippen LogP contribution is -2.35. The van der Waals surface area contributed by atoms with Gasteiger partial charge in [-0.3, -0.25) is 8.80 Å². The van der Waals surface area contributed by atoms with Crippen molar-refractivity contribution >= 4 is 22.7 Å². The van der Waals surface area contributed by atoms with E-state index in [2.05, 4.69) is 47.9 Å². The van der Waals surface area contributed by atoms with E-state index >= 15 is 0 Å². The van der Waals surface area contributed by atoms with Crippen LogP contribution in [0.15, 0.2) is 134 Å². The number of nitrogens with two attached hydrogens (primary N) is 2. The summed E-state index contributed by atoms with van der Waals surface area (Å²) < 4.78 is 16.3. The zero-order chi connectivity index (χ0) is 43.2. The molecule has 5 heterocycles. The highest BCUT2D eigenvalue weighted by Crippen LogP contribution is 2.41. The van der Waals surface area contributed by atoms with Crippen LogP contribution in [0, 0.1) is 5.92 Å². The molecule has 0 radical (unpaired) electrons. The first-order valence-electron chi connectivity index (χ1n) is 23.1. The average molecular weight is 852 g/mol. The van der Waals surface area contributed by atoms with Crippen molar-refractivity contribution in [2.24, 2.45) is 5.92 Å². The van der Waals surface area contributed by atoms with E-state index < -0.39 is 0 Å². The minimum atomic E-state index is 0.443. The fraction of sp³-hybridized carbons (Fsp3) is 0.321. The van der Waals surface area contributed by atoms with E-state index in [0.717, 1.165) is 73.9 Å². The fourth-order valence-corrected chi connectivity index (χ4v) is 9.71. The molecule has 4 aromatic heterocycles. The number of benzene rings is 4. The first-order valence-corrected chi connectivity index (χ1v) is 23.1. The SMILES string of the molecule is Nc1nccn2c(C3CCC(CN4CCCCC4)CC3)nc(-c3cccc(OCc4ccccc4)c3)c12.Nc1nccn2c(C3CCC3)nc(-c3ccc(Oc4ccccc4)cc3)c12. The number of nitrogen functional groups attached to an aromatic ring is 2. The third-order valence-electron chi connectivity index (χ3n) is 13.3. The Bertz CT molecular complexity index is 2790. The number of rotatable bonds is 11. The maximum atomic E-state index is 6.43. The van der Waals surface area contributed by atoms with Crippen LogP contribution in [0.3, 0.4) is 0 Å². The largest absolute Gasteiger partial charge is 0.489 e. The Morgan fingerprint density at radius 1 is 0.547 bits per heavy atom. The van der Waals surface area contributed by atoms with Crippen molar-refractivity contribution < 1.29 is 9.47 Å². The molecule has 4 N–H and O–H groups in total. The molecule has 2 saturated carbocycles. The lowest BCUT2D eigenvalue weighted by atomic mass is 9.81. The smallest absolute Gasteiger partial charge is 0.150 e. The molecule has 0 amide bonds. The third kappa shape index (κ3) is 9.03. The maximum Gasteiger partial charge on any atom is 0.150 e. The monoisotopic (exact) mass is 851 g/mol. The summed E-state index contributed by atoms with van der Waals surface area (Å²) in [5.41, 5.74) is 19.3. The van der Waals surface area contributed by atoms with Gasteiger partial charge < -0.3 is 25.8 Å². The molecule has 0 unspecified atom stereocenters. The Balaban J connectivity index is 0.000000159. The van der Waals surface area contributed by atoms with Crippen molar-refractivity contribution in [2.45, 2.75) is 82.7 Å². The molecule has 0 atom stereocenters. The van der Waals surface area contributed by atoms with E-state index in [0.29, 0.717) is 30.1 Å². The number of ether oxygens (including phenoxy) is 2. The van der Waals surface area contributed by atoms with Crippen LogP contribution in [0.2, 0.25) is 0 Å². The molecule has 1 saturated heterocycles. The van der Waals surface area contributed by atoms with E-state index in [9.17, 15) is 0 Å². The third-order valence-corrected chi connectivity index (χ3v) is 13.3. The van der Waals surface area contributed by atoms with Crippen molar-refractivity contribution in [1.29, 1.82) is 0 Å². The number of aromatic nitrogens is 6. The zero-order valence-electron chi connectivity index (χ0n) is 36.4. The summed E-state index contributed by atoms with van der Waals surface area (Å²) in [6.07, 6.45) is 20.2. The Labute approximate surface area is 375 Å². The summed E-state index contributed by atoms with van der Waals surface area (Å²) in [5.74, 6) is 7.43. The number of para-hydroxylation sites is 1. The van der Waals surface area contributed by atoms with Crippen LogP contribution in [-0.4, -0.2) is 53.3 Å². The summed E-state index contributed by atoms with van der Waals surface area (Å²) in [7, 11) is 0. The van der Waals surface area contributed by atoms with Gasteiger partial charge in [0.1, 0.15) is 69.6 Å². The zero-order valence-corrected chi connectivity index (χ0v) is 36.4. The minimum absolute atomic E-state index is 0.443. The molecule has 11 nitrogen and oxygen atoms in total. The molecule has 1 aliphatic heterocycles. The van der Waals surface area contributed by atoms with Crippen LogP contribution in [0.1, 0.15) is 93.3 Å². The van der Waals surface area contributed by atoms with Gasteiger partial charge in [0.2, 0.25) is 0 Å². The Kier molecular flexibility index (Phi) is 12.2. The van der Waals surface area contributed by atoms with Crippen LogP contribution >= 0.6 is 0 Å². The van der Waals surface area contributed by atoms with Crippen LogP contribution < -0.4 is 20.9 Å². The summed E-state index contributed by atoms with van der Waals surface area (Å²) in [4.78, 5) is 21.6. The van der Waals surface area contributed by atoms with Crippen LogP contribution in [-0.2, 0) is 6.61 Å². The molecule has 0 spiro atoms. The second kappa shape index (κ2) is 18.9. The second-order valence-electron chi connectivity index (χ2n) is 17.6. The molecule has 3 aliphatic rings. The highest BCUT2D eigenvalue weighted by atomic mass is 16.5. The van der Waals surface area contributed by atoms with Crippen LogP contribution in [0.25, 0.3) is 33.5 Å². The van der Waals surface area contributed by atoms with E-state index in [1.165, 1.54) is 83.8 Å². The number of nitrogens with zero attached hydrogens (tertiary/aromatic N) is 7. The van der Waals surface area contributed by atoms with Gasteiger partial charge in [-0.1, -0.05) is 73.5 Å². The molecular formula is C53H57N9O2. The van der Waals surface area contributed by atoms with E-state index in [4.69, 9.17) is 30.9 Å². The van der Waals surface area contributed by atoms with Crippen molar-refractivity contribution in [3.63, 3.8) is 0 Å². The first kappa shape index (κ1) is 41.3. The molecule has 64 heavy (non-hydrogen) atoms. The van der Waals surface area contributed by atoms with Crippen molar-refractivity contribution in [3.05, 3.63) is 151 Å². The lowest BCUT2D eigenvalue weighted by Gasteiger charge is -2.34. The van der Waals surface area contributed by atoms with Gasteiger partial charge in [-0.25, -0.2) is 19.9 Å². The van der Waals surface area contributed by atoms with Crippen LogP contribution in [0.5, 0.6) is 17.2 Å². The molecule has 3 fully saturated rings. The van der Waals surface area contributed by atoms with Crippen molar-refractivity contribution in [2.75, 3.05) is 31.1 Å². The molecule has 2 aliphatic carbocycles. The summed E-state index contributed by atoms with van der Waals surface area (Å²) >= 11 is 0. The molecule has 326 valence electrons. The van der Waals surface area contributed by atoms with Gasteiger partial charge in [0.15, 0.2) is 0 Å². The normalized spacial score (nSPS) is 18.0. The number of hydrogen-bond donors (Lipinski definition) is 2. The predicted molar refractivity (Wildman–Crippen MR) is 255 cm³/mol. The molecule has 8 aromatic rings.